The largest absolute Gasteiger partial charge is 0.437 e. The third kappa shape index (κ3) is 3.65. The van der Waals surface area contributed by atoms with Crippen molar-refractivity contribution in [3.05, 3.63) is 95.5 Å². The van der Waals surface area contributed by atoms with Crippen molar-refractivity contribution in [1.29, 1.82) is 0 Å². The Labute approximate surface area is 161 Å². The van der Waals surface area contributed by atoms with E-state index in [-0.39, 0.29) is 10.4 Å². The molecule has 0 atom stereocenters. The highest BCUT2D eigenvalue weighted by molar-refractivity contribution is 7.90. The highest BCUT2D eigenvalue weighted by Gasteiger charge is 2.14. The molecule has 0 aliphatic carbocycles. The first kappa shape index (κ1) is 17.5. The predicted molar refractivity (Wildman–Crippen MR) is 106 cm³/mol. The number of hydrogen-bond acceptors (Lipinski definition) is 3. The molecule has 4 rings (SSSR count). The minimum atomic E-state index is -3.92. The number of nitrogens with zero attached hydrogens (tertiary/aromatic N) is 1. The van der Waals surface area contributed by atoms with Gasteiger partial charge in [-0.05, 0) is 42.0 Å². The minimum Gasteiger partial charge on any atom is -0.437 e. The average Bonchev–Trinajstić information content (AvgIpc) is 2.69. The van der Waals surface area contributed by atoms with E-state index in [4.69, 9.17) is 16.0 Å². The molecule has 0 amide bonds. The van der Waals surface area contributed by atoms with E-state index in [1.165, 1.54) is 12.1 Å². The van der Waals surface area contributed by atoms with Crippen molar-refractivity contribution in [2.45, 2.75) is 4.90 Å². The molecule has 1 heterocycles. The second kappa shape index (κ2) is 7.02. The molecule has 0 N–H and O–H groups in total. The van der Waals surface area contributed by atoms with Crippen LogP contribution in [0.25, 0.3) is 22.1 Å². The molecule has 0 saturated heterocycles. The van der Waals surface area contributed by atoms with E-state index in [0.29, 0.717) is 16.2 Å². The van der Waals surface area contributed by atoms with Crippen molar-refractivity contribution in [3.8, 4) is 11.1 Å². The van der Waals surface area contributed by atoms with E-state index >= 15 is 0 Å². The zero-order valence-corrected chi connectivity index (χ0v) is 15.6. The van der Waals surface area contributed by atoms with Gasteiger partial charge in [0.2, 0.25) is 5.55 Å². The summed E-state index contributed by atoms with van der Waals surface area (Å²) in [5, 5.41) is 1.44. The van der Waals surface area contributed by atoms with Crippen LogP contribution in [-0.2, 0) is 10.0 Å². The van der Waals surface area contributed by atoms with E-state index in [2.05, 4.69) is 4.40 Å². The van der Waals surface area contributed by atoms with Crippen LogP contribution in [0.2, 0.25) is 5.02 Å². The summed E-state index contributed by atoms with van der Waals surface area (Å²) in [6.07, 6.45) is 0. The van der Waals surface area contributed by atoms with Crippen molar-refractivity contribution in [3.63, 3.8) is 0 Å². The molecule has 0 unspecified atom stereocenters. The molecule has 4 aromatic rings. The molecule has 4 nitrogen and oxygen atoms in total. The van der Waals surface area contributed by atoms with Crippen LogP contribution < -0.4 is 5.55 Å². The van der Waals surface area contributed by atoms with Gasteiger partial charge in [0, 0.05) is 16.0 Å². The van der Waals surface area contributed by atoms with Gasteiger partial charge in [0.1, 0.15) is 5.58 Å². The molecule has 0 radical (unpaired) electrons. The van der Waals surface area contributed by atoms with Crippen molar-refractivity contribution in [2.24, 2.45) is 4.40 Å². The minimum absolute atomic E-state index is 0.0277. The van der Waals surface area contributed by atoms with E-state index in [9.17, 15) is 8.42 Å². The Kier molecular flexibility index (Phi) is 4.56. The molecule has 0 bridgehead atoms. The first-order valence-corrected chi connectivity index (χ1v) is 10.00. The summed E-state index contributed by atoms with van der Waals surface area (Å²) >= 11 is 5.98. The summed E-state index contributed by atoms with van der Waals surface area (Å²) in [5.74, 6) is 0. The van der Waals surface area contributed by atoms with Crippen molar-refractivity contribution in [2.75, 3.05) is 0 Å². The fourth-order valence-electron chi connectivity index (χ4n) is 2.73. The summed E-state index contributed by atoms with van der Waals surface area (Å²) in [6, 6.07) is 24.4. The van der Waals surface area contributed by atoms with Crippen molar-refractivity contribution >= 4 is 32.6 Å². The Balaban J connectivity index is 2.01. The van der Waals surface area contributed by atoms with Crippen LogP contribution in [0.5, 0.6) is 0 Å². The topological polar surface area (TPSA) is 59.6 Å². The molecule has 3 aromatic carbocycles. The van der Waals surface area contributed by atoms with Crippen molar-refractivity contribution < 1.29 is 12.8 Å². The summed E-state index contributed by atoms with van der Waals surface area (Å²) in [7, 11) is -3.92. The molecular formula is C21H14ClNO3S. The van der Waals surface area contributed by atoms with Gasteiger partial charge in [-0.25, -0.2) is 0 Å². The second-order valence-electron chi connectivity index (χ2n) is 5.89. The van der Waals surface area contributed by atoms with Gasteiger partial charge in [0.15, 0.2) is 0 Å². The SMILES string of the molecule is O=S(=O)(/N=c1\oc2ccccc2cc1-c1ccc(Cl)cc1)c1ccccc1. The molecule has 0 saturated carbocycles. The van der Waals surface area contributed by atoms with E-state index in [1.54, 1.807) is 48.5 Å². The molecule has 0 aliphatic heterocycles. The summed E-state index contributed by atoms with van der Waals surface area (Å²) in [4.78, 5) is 0.107. The molecule has 0 aliphatic rings. The summed E-state index contributed by atoms with van der Waals surface area (Å²) < 4.78 is 35.3. The standard InChI is InChI=1S/C21H14ClNO3S/c22-17-12-10-15(11-13-17)19-14-16-6-4-5-9-20(16)26-21(19)23-27(24,25)18-7-2-1-3-8-18/h1-14H/b23-21-. The van der Waals surface area contributed by atoms with Gasteiger partial charge in [0.25, 0.3) is 10.0 Å². The normalized spacial score (nSPS) is 12.4. The molecule has 0 fully saturated rings. The maximum Gasteiger partial charge on any atom is 0.285 e. The fraction of sp³-hybridized carbons (Fsp3) is 0. The lowest BCUT2D eigenvalue weighted by Gasteiger charge is -2.06. The maximum atomic E-state index is 12.7. The Morgan fingerprint density at radius 3 is 2.22 bits per heavy atom. The predicted octanol–water partition coefficient (Wildman–Crippen LogP) is 5.04. The van der Waals surface area contributed by atoms with Gasteiger partial charge in [0.05, 0.1) is 4.90 Å². The number of sulfonamides is 1. The van der Waals surface area contributed by atoms with Crippen LogP contribution in [0.4, 0.5) is 0 Å². The zero-order valence-electron chi connectivity index (χ0n) is 14.0. The lowest BCUT2D eigenvalue weighted by atomic mass is 10.1. The lowest BCUT2D eigenvalue weighted by Crippen LogP contribution is -2.10. The van der Waals surface area contributed by atoms with Crippen LogP contribution in [0.15, 0.2) is 98.6 Å². The second-order valence-corrected chi connectivity index (χ2v) is 7.93. The van der Waals surface area contributed by atoms with Gasteiger partial charge in [-0.15, -0.1) is 4.40 Å². The number of para-hydroxylation sites is 1. The van der Waals surface area contributed by atoms with E-state index < -0.39 is 10.0 Å². The van der Waals surface area contributed by atoms with Gasteiger partial charge >= 0.3 is 0 Å². The van der Waals surface area contributed by atoms with Gasteiger partial charge in [-0.3, -0.25) is 0 Å². The molecule has 1 aromatic heterocycles. The van der Waals surface area contributed by atoms with Gasteiger partial charge in [-0.1, -0.05) is 60.1 Å². The maximum absolute atomic E-state index is 12.7. The monoisotopic (exact) mass is 395 g/mol. The number of hydrogen-bond donors (Lipinski definition) is 0. The highest BCUT2D eigenvalue weighted by atomic mass is 35.5. The Hall–Kier alpha value is -2.89. The molecule has 6 heteroatoms. The van der Waals surface area contributed by atoms with Crippen LogP contribution in [0.1, 0.15) is 0 Å². The van der Waals surface area contributed by atoms with Crippen LogP contribution in [0.3, 0.4) is 0 Å². The van der Waals surface area contributed by atoms with Crippen LogP contribution >= 0.6 is 11.6 Å². The molecular weight excluding hydrogens is 382 g/mol. The fourth-order valence-corrected chi connectivity index (χ4v) is 3.81. The van der Waals surface area contributed by atoms with E-state index in [0.717, 1.165) is 10.9 Å². The molecule has 27 heavy (non-hydrogen) atoms. The van der Waals surface area contributed by atoms with Crippen molar-refractivity contribution in [1.82, 2.24) is 0 Å². The molecule has 134 valence electrons. The molecule has 0 spiro atoms. The van der Waals surface area contributed by atoms with Crippen LogP contribution in [-0.4, -0.2) is 8.42 Å². The zero-order chi connectivity index (χ0) is 18.9. The number of rotatable bonds is 3. The third-order valence-electron chi connectivity index (χ3n) is 4.06. The number of benzene rings is 3. The Morgan fingerprint density at radius 2 is 1.48 bits per heavy atom. The van der Waals surface area contributed by atoms with Crippen LogP contribution in [0, 0.1) is 0 Å². The number of fused-ring (bicyclic) bond motifs is 1. The Bertz CT molecular complexity index is 1280. The van der Waals surface area contributed by atoms with Gasteiger partial charge < -0.3 is 4.42 Å². The lowest BCUT2D eigenvalue weighted by molar-refractivity contribution is 0.543. The first-order valence-electron chi connectivity index (χ1n) is 8.18. The smallest absolute Gasteiger partial charge is 0.285 e. The number of halogens is 1. The summed E-state index contributed by atoms with van der Waals surface area (Å²) in [6.45, 7) is 0. The highest BCUT2D eigenvalue weighted by Crippen LogP contribution is 2.23. The third-order valence-corrected chi connectivity index (χ3v) is 5.58. The van der Waals surface area contributed by atoms with E-state index in [1.807, 2.05) is 24.3 Å². The summed E-state index contributed by atoms with van der Waals surface area (Å²) in [5.41, 5.74) is 1.91. The average molecular weight is 396 g/mol. The van der Waals surface area contributed by atoms with Gasteiger partial charge in [-0.2, -0.15) is 8.42 Å². The Morgan fingerprint density at radius 1 is 0.815 bits per heavy atom. The first-order chi connectivity index (χ1) is 13.0. The quantitative estimate of drug-likeness (QED) is 0.488.